The number of rotatable bonds is 4. The van der Waals surface area contributed by atoms with Crippen LogP contribution in [0.4, 0.5) is 5.82 Å². The van der Waals surface area contributed by atoms with E-state index in [-0.39, 0.29) is 11.7 Å². The molecule has 0 atom stereocenters. The highest BCUT2D eigenvalue weighted by molar-refractivity contribution is 6.09. The Balaban J connectivity index is 1.57. The summed E-state index contributed by atoms with van der Waals surface area (Å²) in [6.45, 7) is 3.54. The lowest BCUT2D eigenvalue weighted by molar-refractivity contribution is 0.0953. The van der Waals surface area contributed by atoms with E-state index in [1.807, 2.05) is 0 Å². The van der Waals surface area contributed by atoms with Gasteiger partial charge in [-0.05, 0) is 38.8 Å². The number of carbonyl (C=O) groups excluding carboxylic acids is 2. The van der Waals surface area contributed by atoms with Crippen LogP contribution < -0.4 is 10.7 Å². The summed E-state index contributed by atoms with van der Waals surface area (Å²) in [7, 11) is 0. The molecule has 3 aromatic rings. The first-order chi connectivity index (χ1) is 14.0. The van der Waals surface area contributed by atoms with E-state index in [0.29, 0.717) is 47.0 Å². The summed E-state index contributed by atoms with van der Waals surface area (Å²) >= 11 is 0. The SMILES string of the molecule is Cc1cc(NC(=O)c2oc3c(c2C)/C(=N/NC(=O)c2ccncc2)CCC3)no1. The second-order valence-corrected chi connectivity index (χ2v) is 6.72. The molecule has 0 aliphatic heterocycles. The van der Waals surface area contributed by atoms with Crippen LogP contribution in [-0.4, -0.2) is 27.7 Å². The number of pyridine rings is 1. The molecular weight excluding hydrogens is 374 g/mol. The predicted octanol–water partition coefficient (Wildman–Crippen LogP) is 3.00. The number of fused-ring (bicyclic) bond motifs is 1. The summed E-state index contributed by atoms with van der Waals surface area (Å²) in [5, 5.41) is 10.7. The second kappa shape index (κ2) is 7.70. The van der Waals surface area contributed by atoms with Crippen LogP contribution in [0.15, 0.2) is 44.6 Å². The molecule has 0 unspecified atom stereocenters. The number of amides is 2. The number of furan rings is 1. The monoisotopic (exact) mass is 393 g/mol. The van der Waals surface area contributed by atoms with Crippen molar-refractivity contribution in [3.05, 3.63) is 64.6 Å². The van der Waals surface area contributed by atoms with Gasteiger partial charge in [0.2, 0.25) is 0 Å². The number of nitrogens with zero attached hydrogens (tertiary/aromatic N) is 3. The van der Waals surface area contributed by atoms with E-state index in [0.717, 1.165) is 12.0 Å². The fraction of sp³-hybridized carbons (Fsp3) is 0.250. The first kappa shape index (κ1) is 18.6. The smallest absolute Gasteiger partial charge is 0.292 e. The van der Waals surface area contributed by atoms with E-state index >= 15 is 0 Å². The maximum atomic E-state index is 12.6. The largest absolute Gasteiger partial charge is 0.455 e. The zero-order chi connectivity index (χ0) is 20.4. The number of aryl methyl sites for hydroxylation is 2. The molecule has 1 aliphatic rings. The minimum atomic E-state index is -0.412. The van der Waals surface area contributed by atoms with Gasteiger partial charge in [0.1, 0.15) is 11.5 Å². The summed E-state index contributed by atoms with van der Waals surface area (Å²) in [6, 6.07) is 4.84. The van der Waals surface area contributed by atoms with Crippen LogP contribution in [-0.2, 0) is 6.42 Å². The first-order valence-corrected chi connectivity index (χ1v) is 9.17. The summed E-state index contributed by atoms with van der Waals surface area (Å²) in [5.74, 6) is 1.06. The molecule has 9 heteroatoms. The number of nitrogens with one attached hydrogen (secondary N) is 2. The quantitative estimate of drug-likeness (QED) is 0.657. The van der Waals surface area contributed by atoms with Crippen molar-refractivity contribution in [1.82, 2.24) is 15.6 Å². The average Bonchev–Trinajstić information content (AvgIpc) is 3.30. The minimum Gasteiger partial charge on any atom is -0.455 e. The Kier molecular flexibility index (Phi) is 4.94. The molecule has 148 valence electrons. The van der Waals surface area contributed by atoms with Crippen molar-refractivity contribution in [2.24, 2.45) is 5.10 Å². The lowest BCUT2D eigenvalue weighted by atomic mass is 9.93. The second-order valence-electron chi connectivity index (χ2n) is 6.72. The van der Waals surface area contributed by atoms with Crippen molar-refractivity contribution in [3.8, 4) is 0 Å². The van der Waals surface area contributed by atoms with Gasteiger partial charge in [-0.15, -0.1) is 0 Å². The highest BCUT2D eigenvalue weighted by Gasteiger charge is 2.28. The fourth-order valence-corrected chi connectivity index (χ4v) is 3.28. The van der Waals surface area contributed by atoms with Crippen LogP contribution in [0.25, 0.3) is 0 Å². The Labute approximate surface area is 166 Å². The molecule has 9 nitrogen and oxygen atoms in total. The summed E-state index contributed by atoms with van der Waals surface area (Å²) in [4.78, 5) is 28.8. The number of hydrogen-bond donors (Lipinski definition) is 2. The Bertz CT molecular complexity index is 1100. The lowest BCUT2D eigenvalue weighted by Crippen LogP contribution is -2.22. The Morgan fingerprint density at radius 1 is 1.14 bits per heavy atom. The molecule has 3 heterocycles. The van der Waals surface area contributed by atoms with Gasteiger partial charge in [0, 0.05) is 41.6 Å². The molecule has 2 N–H and O–H groups in total. The number of hydrazone groups is 1. The molecule has 0 spiro atoms. The van der Waals surface area contributed by atoms with Crippen molar-refractivity contribution < 1.29 is 18.5 Å². The van der Waals surface area contributed by atoms with Crippen LogP contribution in [0.1, 0.15) is 56.4 Å². The van der Waals surface area contributed by atoms with Gasteiger partial charge in [0.25, 0.3) is 11.8 Å². The van der Waals surface area contributed by atoms with Gasteiger partial charge in [-0.2, -0.15) is 5.10 Å². The number of hydrogen-bond acceptors (Lipinski definition) is 7. The van der Waals surface area contributed by atoms with E-state index in [1.54, 1.807) is 44.4 Å². The third-order valence-corrected chi connectivity index (χ3v) is 4.64. The van der Waals surface area contributed by atoms with E-state index < -0.39 is 5.91 Å². The molecule has 0 aromatic carbocycles. The van der Waals surface area contributed by atoms with E-state index in [9.17, 15) is 9.59 Å². The van der Waals surface area contributed by atoms with Crippen molar-refractivity contribution in [2.75, 3.05) is 5.32 Å². The summed E-state index contributed by atoms with van der Waals surface area (Å²) in [5.41, 5.74) is 5.17. The fourth-order valence-electron chi connectivity index (χ4n) is 3.28. The molecular formula is C20H19N5O4. The van der Waals surface area contributed by atoms with E-state index in [2.05, 4.69) is 26.0 Å². The van der Waals surface area contributed by atoms with Gasteiger partial charge < -0.3 is 14.3 Å². The number of carbonyl (C=O) groups is 2. The molecule has 0 bridgehead atoms. The Morgan fingerprint density at radius 3 is 2.66 bits per heavy atom. The maximum absolute atomic E-state index is 12.6. The molecule has 1 aliphatic carbocycles. The Hall–Kier alpha value is -3.75. The minimum absolute atomic E-state index is 0.200. The van der Waals surface area contributed by atoms with Gasteiger partial charge in [-0.1, -0.05) is 5.16 Å². The zero-order valence-electron chi connectivity index (χ0n) is 16.0. The molecule has 0 radical (unpaired) electrons. The average molecular weight is 393 g/mol. The van der Waals surface area contributed by atoms with E-state index in [4.69, 9.17) is 8.94 Å². The standard InChI is InChI=1S/C20H19N5O4/c1-11-10-16(25-29-11)22-20(27)18-12(2)17-14(4-3-5-15(17)28-18)23-24-19(26)13-6-8-21-9-7-13/h6-10H,3-5H2,1-2H3,(H,24,26)(H,22,25,27)/b23-14+. The third-order valence-electron chi connectivity index (χ3n) is 4.64. The highest BCUT2D eigenvalue weighted by atomic mass is 16.5. The van der Waals surface area contributed by atoms with Crippen molar-refractivity contribution in [1.29, 1.82) is 0 Å². The molecule has 2 amide bonds. The van der Waals surface area contributed by atoms with Crippen molar-refractivity contribution in [2.45, 2.75) is 33.1 Å². The van der Waals surface area contributed by atoms with E-state index in [1.165, 1.54) is 0 Å². The van der Waals surface area contributed by atoms with Crippen LogP contribution in [0, 0.1) is 13.8 Å². The zero-order valence-corrected chi connectivity index (χ0v) is 16.0. The molecule has 3 aromatic heterocycles. The van der Waals surface area contributed by atoms with Gasteiger partial charge in [0.15, 0.2) is 11.6 Å². The summed E-state index contributed by atoms with van der Waals surface area (Å²) in [6.07, 6.45) is 5.27. The van der Waals surface area contributed by atoms with Gasteiger partial charge >= 0.3 is 0 Å². The maximum Gasteiger partial charge on any atom is 0.292 e. The summed E-state index contributed by atoms with van der Waals surface area (Å²) < 4.78 is 10.8. The van der Waals surface area contributed by atoms with Gasteiger partial charge in [-0.3, -0.25) is 14.6 Å². The van der Waals surface area contributed by atoms with Crippen LogP contribution in [0.2, 0.25) is 0 Å². The Morgan fingerprint density at radius 2 is 1.93 bits per heavy atom. The number of aromatic nitrogens is 2. The molecule has 29 heavy (non-hydrogen) atoms. The topological polar surface area (TPSA) is 123 Å². The third kappa shape index (κ3) is 3.79. The van der Waals surface area contributed by atoms with Gasteiger partial charge in [-0.25, -0.2) is 5.43 Å². The van der Waals surface area contributed by atoms with Gasteiger partial charge in [0.05, 0.1) is 5.71 Å². The van der Waals surface area contributed by atoms with Crippen molar-refractivity contribution in [3.63, 3.8) is 0 Å². The number of anilines is 1. The molecule has 4 rings (SSSR count). The van der Waals surface area contributed by atoms with Crippen LogP contribution in [0.3, 0.4) is 0 Å². The molecule has 0 fully saturated rings. The van der Waals surface area contributed by atoms with Crippen LogP contribution >= 0.6 is 0 Å². The predicted molar refractivity (Wildman–Crippen MR) is 104 cm³/mol. The van der Waals surface area contributed by atoms with Crippen LogP contribution in [0.5, 0.6) is 0 Å². The van der Waals surface area contributed by atoms with Crippen molar-refractivity contribution >= 4 is 23.3 Å². The molecule has 0 saturated heterocycles. The normalized spacial score (nSPS) is 14.5. The lowest BCUT2D eigenvalue weighted by Gasteiger charge is -2.13. The first-order valence-electron chi connectivity index (χ1n) is 9.17. The highest BCUT2D eigenvalue weighted by Crippen LogP contribution is 2.30. The molecule has 0 saturated carbocycles.